The monoisotopic (exact) mass is 432 g/mol. The molecule has 4 rings (SSSR count). The van der Waals surface area contributed by atoms with Gasteiger partial charge in [0.05, 0.1) is 25.0 Å². The van der Waals surface area contributed by atoms with E-state index >= 15 is 0 Å². The second-order valence-electron chi connectivity index (χ2n) is 7.62. The van der Waals surface area contributed by atoms with Crippen LogP contribution in [0.25, 0.3) is 11.1 Å². The average molecular weight is 433 g/mol. The predicted molar refractivity (Wildman–Crippen MR) is 120 cm³/mol. The first-order valence-electron chi connectivity index (χ1n) is 10.3. The molecule has 0 bridgehead atoms. The molecule has 0 amide bonds. The molecule has 1 fully saturated rings. The third kappa shape index (κ3) is 3.70. The summed E-state index contributed by atoms with van der Waals surface area (Å²) in [5.74, 6) is 1.60. The van der Waals surface area contributed by atoms with Gasteiger partial charge in [0.2, 0.25) is 0 Å². The summed E-state index contributed by atoms with van der Waals surface area (Å²) in [6, 6.07) is 7.65. The first kappa shape index (κ1) is 22.2. The van der Waals surface area contributed by atoms with Crippen molar-refractivity contribution < 1.29 is 19.0 Å². The Morgan fingerprint density at radius 1 is 1.20 bits per heavy atom. The van der Waals surface area contributed by atoms with Gasteiger partial charge in [0.15, 0.2) is 5.78 Å². The van der Waals surface area contributed by atoms with E-state index in [1.807, 2.05) is 25.1 Å². The van der Waals surface area contributed by atoms with Crippen LogP contribution in [0.2, 0.25) is 0 Å². The normalized spacial score (nSPS) is 17.7. The van der Waals surface area contributed by atoms with Crippen molar-refractivity contribution in [2.24, 2.45) is 0 Å². The molecule has 1 saturated heterocycles. The molecule has 2 aromatic carbocycles. The van der Waals surface area contributed by atoms with Crippen LogP contribution in [0.15, 0.2) is 24.3 Å². The van der Waals surface area contributed by atoms with E-state index in [9.17, 15) is 4.79 Å². The summed E-state index contributed by atoms with van der Waals surface area (Å²) in [4.78, 5) is 13.2. The van der Waals surface area contributed by atoms with Gasteiger partial charge in [0.1, 0.15) is 23.4 Å². The van der Waals surface area contributed by atoms with Gasteiger partial charge in [-0.1, -0.05) is 19.1 Å². The molecule has 0 spiro atoms. The van der Waals surface area contributed by atoms with Gasteiger partial charge < -0.3 is 25.3 Å². The minimum absolute atomic E-state index is 0. The zero-order valence-electron chi connectivity index (χ0n) is 17.6. The maximum atomic E-state index is 13.2. The van der Waals surface area contributed by atoms with Crippen LogP contribution in [0.4, 0.5) is 5.69 Å². The zero-order valence-corrected chi connectivity index (χ0v) is 18.4. The highest BCUT2D eigenvalue weighted by Gasteiger charge is 2.36. The van der Waals surface area contributed by atoms with Crippen LogP contribution >= 0.6 is 12.4 Å². The minimum Gasteiger partial charge on any atom is -0.496 e. The first-order chi connectivity index (χ1) is 14.1. The second-order valence-corrected chi connectivity index (χ2v) is 7.62. The van der Waals surface area contributed by atoms with Crippen molar-refractivity contribution in [1.82, 2.24) is 5.32 Å². The Morgan fingerprint density at radius 2 is 2.00 bits per heavy atom. The number of methoxy groups -OCH3 is 1. The van der Waals surface area contributed by atoms with E-state index in [4.69, 9.17) is 19.9 Å². The molecule has 1 heterocycles. The Morgan fingerprint density at radius 3 is 2.67 bits per heavy atom. The summed E-state index contributed by atoms with van der Waals surface area (Å²) in [5.41, 5.74) is 9.19. The highest BCUT2D eigenvalue weighted by atomic mass is 35.5. The maximum Gasteiger partial charge on any atom is 0.196 e. The van der Waals surface area contributed by atoms with Crippen molar-refractivity contribution in [3.05, 3.63) is 35.4 Å². The van der Waals surface area contributed by atoms with Crippen LogP contribution < -0.4 is 25.3 Å². The standard InChI is InChI=1S/C23H28N2O4.ClH/c1-4-11-28-18-12-17(27-3)20-19-14(23(26)21(20)22(18)24)7-5-9-16(19)29-13(2)15-8-6-10-25-15;/h5,7,9,12-13,15,25H,4,6,8,10-11,24H2,1-3H3;1H. The Bertz CT molecular complexity index is 941. The molecule has 6 nitrogen and oxygen atoms in total. The van der Waals surface area contributed by atoms with E-state index in [1.54, 1.807) is 13.2 Å². The molecule has 0 saturated carbocycles. The number of anilines is 1. The number of nitrogens with two attached hydrogens (primary N) is 1. The van der Waals surface area contributed by atoms with E-state index < -0.39 is 0 Å². The van der Waals surface area contributed by atoms with E-state index in [0.717, 1.165) is 31.4 Å². The van der Waals surface area contributed by atoms with Gasteiger partial charge in [-0.3, -0.25) is 4.79 Å². The fourth-order valence-electron chi connectivity index (χ4n) is 4.23. The maximum absolute atomic E-state index is 13.2. The number of halogens is 1. The Kier molecular flexibility index (Phi) is 6.78. The van der Waals surface area contributed by atoms with E-state index in [2.05, 4.69) is 12.2 Å². The van der Waals surface area contributed by atoms with E-state index in [1.165, 1.54) is 0 Å². The number of nitrogen functional groups attached to an aromatic ring is 1. The second kappa shape index (κ2) is 9.14. The molecule has 0 radical (unpaired) electrons. The number of carbonyl (C=O) groups excluding carboxylic acids is 1. The largest absolute Gasteiger partial charge is 0.496 e. The third-order valence-corrected chi connectivity index (χ3v) is 5.70. The number of rotatable bonds is 7. The highest BCUT2D eigenvalue weighted by Crippen LogP contribution is 2.52. The molecule has 2 unspecified atom stereocenters. The van der Waals surface area contributed by atoms with Crippen LogP contribution in [0.3, 0.4) is 0 Å². The average Bonchev–Trinajstić information content (AvgIpc) is 3.36. The van der Waals surface area contributed by atoms with Crippen molar-refractivity contribution in [2.75, 3.05) is 26.0 Å². The minimum atomic E-state index is -0.121. The molecule has 30 heavy (non-hydrogen) atoms. The zero-order chi connectivity index (χ0) is 20.5. The first-order valence-corrected chi connectivity index (χ1v) is 10.3. The molecular formula is C23H29ClN2O4. The van der Waals surface area contributed by atoms with Gasteiger partial charge >= 0.3 is 0 Å². The Hall–Kier alpha value is -2.44. The molecule has 3 N–H and O–H groups in total. The van der Waals surface area contributed by atoms with Gasteiger partial charge in [-0.2, -0.15) is 0 Å². The van der Waals surface area contributed by atoms with Crippen molar-refractivity contribution in [3.8, 4) is 28.4 Å². The molecule has 2 aliphatic rings. The van der Waals surface area contributed by atoms with E-state index in [0.29, 0.717) is 52.3 Å². The molecule has 1 aliphatic carbocycles. The van der Waals surface area contributed by atoms with Crippen LogP contribution in [-0.2, 0) is 0 Å². The van der Waals surface area contributed by atoms with Gasteiger partial charge in [-0.25, -0.2) is 0 Å². The number of ketones is 1. The van der Waals surface area contributed by atoms with Crippen molar-refractivity contribution in [1.29, 1.82) is 0 Å². The lowest BCUT2D eigenvalue weighted by Crippen LogP contribution is -2.36. The lowest BCUT2D eigenvalue weighted by atomic mass is 10.0. The SMILES string of the molecule is CCCOc1cc(OC)c2c(c1N)C(=O)c1cccc(OC(C)C3CCCN3)c1-2.Cl. The number of hydrogen-bond acceptors (Lipinski definition) is 6. The lowest BCUT2D eigenvalue weighted by molar-refractivity contribution is 0.104. The predicted octanol–water partition coefficient (Wildman–Crippen LogP) is 4.22. The van der Waals surface area contributed by atoms with Crippen molar-refractivity contribution >= 4 is 23.9 Å². The molecule has 2 atom stereocenters. The van der Waals surface area contributed by atoms with Crippen LogP contribution in [0.5, 0.6) is 17.2 Å². The number of nitrogens with one attached hydrogen (secondary N) is 1. The number of carbonyl (C=O) groups is 1. The van der Waals surface area contributed by atoms with Crippen LogP contribution in [0.1, 0.15) is 49.0 Å². The summed E-state index contributed by atoms with van der Waals surface area (Å²) in [7, 11) is 1.59. The topological polar surface area (TPSA) is 82.8 Å². The fourth-order valence-corrected chi connectivity index (χ4v) is 4.23. The molecule has 162 valence electrons. The summed E-state index contributed by atoms with van der Waals surface area (Å²) >= 11 is 0. The van der Waals surface area contributed by atoms with Crippen LogP contribution in [0, 0.1) is 0 Å². The van der Waals surface area contributed by atoms with Gasteiger partial charge in [0.25, 0.3) is 0 Å². The molecular weight excluding hydrogens is 404 g/mol. The van der Waals surface area contributed by atoms with Crippen molar-refractivity contribution in [2.45, 2.75) is 45.3 Å². The molecule has 2 aromatic rings. The quantitative estimate of drug-likeness (QED) is 0.544. The lowest BCUT2D eigenvalue weighted by Gasteiger charge is -2.23. The van der Waals surface area contributed by atoms with Crippen molar-refractivity contribution in [3.63, 3.8) is 0 Å². The highest BCUT2D eigenvalue weighted by molar-refractivity contribution is 6.26. The fraction of sp³-hybridized carbons (Fsp3) is 0.435. The number of fused-ring (bicyclic) bond motifs is 3. The number of benzene rings is 2. The summed E-state index contributed by atoms with van der Waals surface area (Å²) in [6.07, 6.45) is 3.06. The molecule has 7 heteroatoms. The van der Waals surface area contributed by atoms with Crippen LogP contribution in [-0.4, -0.2) is 38.2 Å². The van der Waals surface area contributed by atoms with Gasteiger partial charge in [-0.05, 0) is 38.8 Å². The van der Waals surface area contributed by atoms with E-state index in [-0.39, 0.29) is 24.3 Å². The smallest absolute Gasteiger partial charge is 0.196 e. The summed E-state index contributed by atoms with van der Waals surface area (Å²) < 4.78 is 17.7. The summed E-state index contributed by atoms with van der Waals surface area (Å²) in [6.45, 7) is 5.62. The summed E-state index contributed by atoms with van der Waals surface area (Å²) in [5, 5.41) is 3.48. The molecule has 1 aliphatic heterocycles. The number of ether oxygens (including phenoxy) is 3. The Balaban J connectivity index is 0.00000256. The number of hydrogen-bond donors (Lipinski definition) is 2. The van der Waals surface area contributed by atoms with Gasteiger partial charge in [-0.15, -0.1) is 12.4 Å². The third-order valence-electron chi connectivity index (χ3n) is 5.70. The van der Waals surface area contributed by atoms with Gasteiger partial charge in [0, 0.05) is 28.8 Å². The Labute approximate surface area is 183 Å². The molecule has 0 aromatic heterocycles.